The Kier molecular flexibility index (Phi) is 5.96. The van der Waals surface area contributed by atoms with Crippen LogP contribution in [-0.4, -0.2) is 27.5 Å². The first-order valence-corrected chi connectivity index (χ1v) is 9.34. The number of aromatic nitrogens is 2. The minimum atomic E-state index is 0.0494. The Bertz CT molecular complexity index is 854. The van der Waals surface area contributed by atoms with Crippen LogP contribution in [0, 0.1) is 6.92 Å². The van der Waals surface area contributed by atoms with E-state index < -0.39 is 0 Å². The molecule has 0 N–H and O–H groups in total. The molecule has 0 aliphatic heterocycles. The zero-order valence-electron chi connectivity index (χ0n) is 14.7. The largest absolute Gasteiger partial charge is 0.421 e. The van der Waals surface area contributed by atoms with Gasteiger partial charge in [-0.3, -0.25) is 4.79 Å². The number of aryl methyl sites for hydroxylation is 2. The van der Waals surface area contributed by atoms with Crippen LogP contribution in [0.5, 0.6) is 0 Å². The van der Waals surface area contributed by atoms with E-state index in [4.69, 9.17) is 4.42 Å². The van der Waals surface area contributed by atoms with Crippen LogP contribution in [0.2, 0.25) is 0 Å². The first-order chi connectivity index (χ1) is 12.7. The number of rotatable bonds is 8. The normalized spacial score (nSPS) is 10.7. The van der Waals surface area contributed by atoms with Crippen molar-refractivity contribution >= 4 is 17.2 Å². The molecule has 5 nitrogen and oxygen atoms in total. The van der Waals surface area contributed by atoms with Crippen LogP contribution in [0.1, 0.15) is 22.8 Å². The third kappa shape index (κ3) is 4.67. The summed E-state index contributed by atoms with van der Waals surface area (Å²) in [6.45, 7) is 6.89. The van der Waals surface area contributed by atoms with Gasteiger partial charge in [-0.15, -0.1) is 28.1 Å². The lowest BCUT2D eigenvalue weighted by atomic mass is 10.1. The number of amides is 1. The lowest BCUT2D eigenvalue weighted by molar-refractivity contribution is -0.131. The molecule has 0 radical (unpaired) electrons. The van der Waals surface area contributed by atoms with Crippen molar-refractivity contribution in [1.29, 1.82) is 0 Å². The monoisotopic (exact) mass is 367 g/mol. The molecule has 0 saturated carbocycles. The molecule has 26 heavy (non-hydrogen) atoms. The molecule has 0 fully saturated rings. The minimum absolute atomic E-state index is 0.0494. The van der Waals surface area contributed by atoms with Gasteiger partial charge in [0.15, 0.2) is 0 Å². The molecule has 0 bridgehead atoms. The SMILES string of the molecule is C=CCN(Cc1cccs1)C(=O)CCc1nnc(-c2ccc(C)cc2)o1. The fraction of sp³-hybridized carbons (Fsp3) is 0.250. The third-order valence-corrected chi connectivity index (χ3v) is 4.81. The second-order valence-electron chi connectivity index (χ2n) is 6.01. The predicted octanol–water partition coefficient (Wildman–Crippen LogP) is 4.25. The molecule has 0 atom stereocenters. The zero-order chi connectivity index (χ0) is 18.4. The zero-order valence-corrected chi connectivity index (χ0v) is 15.5. The lowest BCUT2D eigenvalue weighted by Crippen LogP contribution is -2.30. The molecular weight excluding hydrogens is 346 g/mol. The molecule has 1 aromatic carbocycles. The maximum Gasteiger partial charge on any atom is 0.247 e. The summed E-state index contributed by atoms with van der Waals surface area (Å²) in [4.78, 5) is 15.5. The Morgan fingerprint density at radius 3 is 2.77 bits per heavy atom. The van der Waals surface area contributed by atoms with Gasteiger partial charge in [-0.05, 0) is 30.5 Å². The van der Waals surface area contributed by atoms with Gasteiger partial charge in [0.1, 0.15) is 0 Å². The van der Waals surface area contributed by atoms with Crippen molar-refractivity contribution < 1.29 is 9.21 Å². The van der Waals surface area contributed by atoms with Gasteiger partial charge in [0.05, 0.1) is 6.54 Å². The Morgan fingerprint density at radius 1 is 1.27 bits per heavy atom. The summed E-state index contributed by atoms with van der Waals surface area (Å²) in [5.41, 5.74) is 2.05. The van der Waals surface area contributed by atoms with Gasteiger partial charge in [-0.25, -0.2) is 0 Å². The molecule has 134 valence electrons. The molecule has 2 aromatic heterocycles. The van der Waals surface area contributed by atoms with Gasteiger partial charge < -0.3 is 9.32 Å². The highest BCUT2D eigenvalue weighted by molar-refractivity contribution is 7.09. The second-order valence-corrected chi connectivity index (χ2v) is 7.04. The lowest BCUT2D eigenvalue weighted by Gasteiger charge is -2.20. The average molecular weight is 367 g/mol. The first kappa shape index (κ1) is 18.1. The van der Waals surface area contributed by atoms with E-state index in [0.29, 0.717) is 37.7 Å². The molecule has 1 amide bonds. The van der Waals surface area contributed by atoms with Gasteiger partial charge >= 0.3 is 0 Å². The van der Waals surface area contributed by atoms with Crippen molar-refractivity contribution in [3.8, 4) is 11.5 Å². The quantitative estimate of drug-likeness (QED) is 0.558. The summed E-state index contributed by atoms with van der Waals surface area (Å²) >= 11 is 1.64. The average Bonchev–Trinajstić information content (AvgIpc) is 3.32. The number of thiophene rings is 1. The number of hydrogen-bond donors (Lipinski definition) is 0. The summed E-state index contributed by atoms with van der Waals surface area (Å²) < 4.78 is 5.69. The van der Waals surface area contributed by atoms with Crippen molar-refractivity contribution in [2.45, 2.75) is 26.3 Å². The molecular formula is C20H21N3O2S. The van der Waals surface area contributed by atoms with Crippen LogP contribution >= 0.6 is 11.3 Å². The summed E-state index contributed by atoms with van der Waals surface area (Å²) in [5, 5.41) is 10.2. The van der Waals surface area contributed by atoms with Crippen molar-refractivity contribution in [1.82, 2.24) is 15.1 Å². The highest BCUT2D eigenvalue weighted by Gasteiger charge is 2.16. The Labute approximate surface area is 157 Å². The van der Waals surface area contributed by atoms with Gasteiger partial charge in [-0.2, -0.15) is 0 Å². The first-order valence-electron chi connectivity index (χ1n) is 8.46. The van der Waals surface area contributed by atoms with E-state index >= 15 is 0 Å². The Morgan fingerprint density at radius 2 is 2.08 bits per heavy atom. The highest BCUT2D eigenvalue weighted by atomic mass is 32.1. The van der Waals surface area contributed by atoms with Crippen LogP contribution in [0.4, 0.5) is 0 Å². The minimum Gasteiger partial charge on any atom is -0.421 e. The molecule has 3 aromatic rings. The Hall–Kier alpha value is -2.73. The van der Waals surface area contributed by atoms with Crippen LogP contribution < -0.4 is 0 Å². The molecule has 2 heterocycles. The smallest absolute Gasteiger partial charge is 0.247 e. The molecule has 6 heteroatoms. The van der Waals surface area contributed by atoms with E-state index in [1.54, 1.807) is 22.3 Å². The number of nitrogens with zero attached hydrogens (tertiary/aromatic N) is 3. The highest BCUT2D eigenvalue weighted by Crippen LogP contribution is 2.19. The number of carbonyl (C=O) groups is 1. The fourth-order valence-electron chi connectivity index (χ4n) is 2.54. The topological polar surface area (TPSA) is 59.2 Å². The third-order valence-electron chi connectivity index (χ3n) is 3.95. The van der Waals surface area contributed by atoms with Crippen molar-refractivity contribution in [3.05, 3.63) is 70.8 Å². The number of benzene rings is 1. The second kappa shape index (κ2) is 8.58. The van der Waals surface area contributed by atoms with Crippen LogP contribution in [0.3, 0.4) is 0 Å². The van der Waals surface area contributed by atoms with E-state index in [-0.39, 0.29) is 5.91 Å². The summed E-state index contributed by atoms with van der Waals surface area (Å²) in [6, 6.07) is 11.9. The Balaban J connectivity index is 1.59. The number of hydrogen-bond acceptors (Lipinski definition) is 5. The van der Waals surface area contributed by atoms with E-state index in [1.165, 1.54) is 5.56 Å². The summed E-state index contributed by atoms with van der Waals surface area (Å²) in [7, 11) is 0. The predicted molar refractivity (Wildman–Crippen MR) is 103 cm³/mol. The van der Waals surface area contributed by atoms with Gasteiger partial charge in [0, 0.05) is 29.8 Å². The molecule has 3 rings (SSSR count). The van der Waals surface area contributed by atoms with Crippen molar-refractivity contribution in [3.63, 3.8) is 0 Å². The van der Waals surface area contributed by atoms with Crippen molar-refractivity contribution in [2.75, 3.05) is 6.54 Å². The summed E-state index contributed by atoms with van der Waals surface area (Å²) in [6.07, 6.45) is 2.50. The van der Waals surface area contributed by atoms with Gasteiger partial charge in [0.25, 0.3) is 0 Å². The van der Waals surface area contributed by atoms with E-state index in [2.05, 4.69) is 16.8 Å². The molecule has 0 aliphatic rings. The van der Waals surface area contributed by atoms with E-state index in [9.17, 15) is 4.79 Å². The van der Waals surface area contributed by atoms with Crippen LogP contribution in [0.15, 0.2) is 58.9 Å². The maximum absolute atomic E-state index is 12.5. The molecule has 0 spiro atoms. The number of carbonyl (C=O) groups excluding carboxylic acids is 1. The van der Waals surface area contributed by atoms with Crippen molar-refractivity contribution in [2.24, 2.45) is 0 Å². The van der Waals surface area contributed by atoms with Crippen LogP contribution in [-0.2, 0) is 17.8 Å². The van der Waals surface area contributed by atoms with Gasteiger partial charge in [0.2, 0.25) is 17.7 Å². The molecule has 0 aliphatic carbocycles. The van der Waals surface area contributed by atoms with Gasteiger partial charge in [-0.1, -0.05) is 29.8 Å². The van der Waals surface area contributed by atoms with Crippen LogP contribution in [0.25, 0.3) is 11.5 Å². The van der Waals surface area contributed by atoms with E-state index in [1.807, 2.05) is 48.7 Å². The van der Waals surface area contributed by atoms with E-state index in [0.717, 1.165) is 10.4 Å². The maximum atomic E-state index is 12.5. The molecule has 0 saturated heterocycles. The molecule has 0 unspecified atom stereocenters. The fourth-order valence-corrected chi connectivity index (χ4v) is 3.26. The standard InChI is InChI=1S/C20H21N3O2S/c1-3-12-23(14-17-5-4-13-26-17)19(24)11-10-18-21-22-20(25-18)16-8-6-15(2)7-9-16/h3-9,13H,1,10-12,14H2,2H3. The summed E-state index contributed by atoms with van der Waals surface area (Å²) in [5.74, 6) is 1.01.